The van der Waals surface area contributed by atoms with E-state index in [1.54, 1.807) is 0 Å². The van der Waals surface area contributed by atoms with Gasteiger partial charge < -0.3 is 5.11 Å². The van der Waals surface area contributed by atoms with Crippen molar-refractivity contribution >= 4 is 0 Å². The zero-order valence-electron chi connectivity index (χ0n) is 13.0. The van der Waals surface area contributed by atoms with E-state index in [2.05, 4.69) is 27.7 Å². The lowest BCUT2D eigenvalue weighted by molar-refractivity contribution is 0.0556. The highest BCUT2D eigenvalue weighted by Crippen LogP contribution is 2.46. The predicted molar refractivity (Wildman–Crippen MR) is 79.7 cm³/mol. The van der Waals surface area contributed by atoms with E-state index in [1.807, 2.05) is 0 Å². The van der Waals surface area contributed by atoms with Crippen molar-refractivity contribution in [1.82, 2.24) is 0 Å². The van der Waals surface area contributed by atoms with Gasteiger partial charge in [0.05, 0.1) is 6.10 Å². The molecule has 1 saturated carbocycles. The summed E-state index contributed by atoms with van der Waals surface area (Å²) in [5.41, 5.74) is 0.487. The molecule has 1 aliphatic rings. The van der Waals surface area contributed by atoms with Crippen molar-refractivity contribution in [2.75, 3.05) is 0 Å². The fourth-order valence-electron chi connectivity index (χ4n) is 3.86. The van der Waals surface area contributed by atoms with Crippen LogP contribution in [0.15, 0.2) is 0 Å². The van der Waals surface area contributed by atoms with Crippen molar-refractivity contribution in [3.63, 3.8) is 0 Å². The van der Waals surface area contributed by atoms with Gasteiger partial charge in [-0.3, -0.25) is 0 Å². The first kappa shape index (κ1) is 16.0. The van der Waals surface area contributed by atoms with Gasteiger partial charge in [-0.2, -0.15) is 0 Å². The minimum Gasteiger partial charge on any atom is -0.393 e. The molecule has 0 aliphatic heterocycles. The Balaban J connectivity index is 2.31. The van der Waals surface area contributed by atoms with E-state index in [0.717, 1.165) is 24.7 Å². The summed E-state index contributed by atoms with van der Waals surface area (Å²) in [6, 6.07) is 0. The molecule has 3 unspecified atom stereocenters. The third kappa shape index (κ3) is 4.91. The van der Waals surface area contributed by atoms with Crippen LogP contribution in [0.4, 0.5) is 0 Å². The zero-order valence-corrected chi connectivity index (χ0v) is 13.0. The first-order chi connectivity index (χ1) is 8.47. The van der Waals surface area contributed by atoms with Gasteiger partial charge in [-0.1, -0.05) is 59.8 Å². The van der Waals surface area contributed by atoms with Crippen molar-refractivity contribution in [1.29, 1.82) is 0 Å². The molecule has 0 aromatic rings. The lowest BCUT2D eigenvalue weighted by Gasteiger charge is -2.43. The Morgan fingerprint density at radius 3 is 2.56 bits per heavy atom. The third-order valence-corrected chi connectivity index (χ3v) is 5.12. The fourth-order valence-corrected chi connectivity index (χ4v) is 3.86. The molecule has 1 N–H and O–H groups in total. The molecule has 0 spiro atoms. The fraction of sp³-hybridized carbons (Fsp3) is 1.00. The van der Waals surface area contributed by atoms with Crippen LogP contribution in [0.1, 0.15) is 85.5 Å². The molecule has 1 fully saturated rings. The van der Waals surface area contributed by atoms with E-state index in [0.29, 0.717) is 5.41 Å². The molecule has 0 aromatic carbocycles. The van der Waals surface area contributed by atoms with Gasteiger partial charge in [-0.25, -0.2) is 0 Å². The van der Waals surface area contributed by atoms with Gasteiger partial charge in [0.1, 0.15) is 0 Å². The monoisotopic (exact) mass is 254 g/mol. The molecule has 0 heterocycles. The van der Waals surface area contributed by atoms with E-state index in [-0.39, 0.29) is 6.10 Å². The van der Waals surface area contributed by atoms with Crippen LogP contribution in [-0.2, 0) is 0 Å². The SMILES string of the molecule is CCCCCC(O)CCC1C(C)CCCC1(C)C. The average Bonchev–Trinajstić information content (AvgIpc) is 2.28. The summed E-state index contributed by atoms with van der Waals surface area (Å²) >= 11 is 0. The maximum atomic E-state index is 10.1. The van der Waals surface area contributed by atoms with Crippen LogP contribution >= 0.6 is 0 Å². The molecule has 18 heavy (non-hydrogen) atoms. The summed E-state index contributed by atoms with van der Waals surface area (Å²) in [7, 11) is 0. The Bertz CT molecular complexity index is 222. The maximum absolute atomic E-state index is 10.1. The second kappa shape index (κ2) is 7.53. The second-order valence-corrected chi connectivity index (χ2v) is 7.19. The molecule has 1 heteroatoms. The van der Waals surface area contributed by atoms with E-state index >= 15 is 0 Å². The summed E-state index contributed by atoms with van der Waals surface area (Å²) in [4.78, 5) is 0. The molecular weight excluding hydrogens is 220 g/mol. The van der Waals surface area contributed by atoms with Gasteiger partial charge in [0, 0.05) is 0 Å². The molecule has 1 nitrogen and oxygen atoms in total. The minimum atomic E-state index is -0.0542. The minimum absolute atomic E-state index is 0.0542. The molecule has 0 amide bonds. The zero-order chi connectivity index (χ0) is 13.6. The standard InChI is InChI=1S/C17H34O/c1-5-6-7-10-15(18)11-12-16-14(2)9-8-13-17(16,3)4/h14-16,18H,5-13H2,1-4H3. The highest BCUT2D eigenvalue weighted by atomic mass is 16.3. The van der Waals surface area contributed by atoms with Crippen molar-refractivity contribution in [3.8, 4) is 0 Å². The molecule has 1 aliphatic carbocycles. The van der Waals surface area contributed by atoms with Crippen molar-refractivity contribution in [2.24, 2.45) is 17.3 Å². The van der Waals surface area contributed by atoms with Crippen LogP contribution in [0.25, 0.3) is 0 Å². The summed E-state index contributed by atoms with van der Waals surface area (Å²) in [6.45, 7) is 9.49. The number of hydrogen-bond acceptors (Lipinski definition) is 1. The van der Waals surface area contributed by atoms with Crippen molar-refractivity contribution in [3.05, 3.63) is 0 Å². The maximum Gasteiger partial charge on any atom is 0.0540 e. The number of aliphatic hydroxyl groups excluding tert-OH is 1. The number of hydrogen-bond donors (Lipinski definition) is 1. The van der Waals surface area contributed by atoms with E-state index in [4.69, 9.17) is 0 Å². The first-order valence-electron chi connectivity index (χ1n) is 8.15. The summed E-state index contributed by atoms with van der Waals surface area (Å²) in [5.74, 6) is 1.66. The lowest BCUT2D eigenvalue weighted by Crippen LogP contribution is -2.34. The van der Waals surface area contributed by atoms with Gasteiger partial charge in [-0.15, -0.1) is 0 Å². The molecule has 1 rings (SSSR count). The summed E-state index contributed by atoms with van der Waals surface area (Å²) in [6.07, 6.45) is 11.1. The topological polar surface area (TPSA) is 20.2 Å². The third-order valence-electron chi connectivity index (χ3n) is 5.12. The van der Waals surface area contributed by atoms with Crippen LogP contribution in [-0.4, -0.2) is 11.2 Å². The van der Waals surface area contributed by atoms with E-state index in [1.165, 1.54) is 44.9 Å². The molecule has 108 valence electrons. The van der Waals surface area contributed by atoms with Crippen LogP contribution < -0.4 is 0 Å². The highest BCUT2D eigenvalue weighted by molar-refractivity contribution is 4.86. The number of rotatable bonds is 7. The predicted octanol–water partition coefficient (Wildman–Crippen LogP) is 5.17. The van der Waals surface area contributed by atoms with Crippen molar-refractivity contribution < 1.29 is 5.11 Å². The average molecular weight is 254 g/mol. The van der Waals surface area contributed by atoms with Crippen LogP contribution in [0.5, 0.6) is 0 Å². The van der Waals surface area contributed by atoms with Crippen LogP contribution in [0, 0.1) is 17.3 Å². The van der Waals surface area contributed by atoms with Gasteiger partial charge >= 0.3 is 0 Å². The largest absolute Gasteiger partial charge is 0.393 e. The highest BCUT2D eigenvalue weighted by Gasteiger charge is 2.36. The Kier molecular flexibility index (Phi) is 6.70. The number of aliphatic hydroxyl groups is 1. The van der Waals surface area contributed by atoms with Gasteiger partial charge in [0.25, 0.3) is 0 Å². The van der Waals surface area contributed by atoms with Gasteiger partial charge in [0.15, 0.2) is 0 Å². The Labute approximate surface area is 114 Å². The quantitative estimate of drug-likeness (QED) is 0.621. The molecule has 0 radical (unpaired) electrons. The van der Waals surface area contributed by atoms with Crippen molar-refractivity contribution in [2.45, 2.75) is 91.6 Å². The first-order valence-corrected chi connectivity index (χ1v) is 8.15. The summed E-state index contributed by atoms with van der Waals surface area (Å²) in [5, 5.41) is 10.1. The Hall–Kier alpha value is -0.0400. The van der Waals surface area contributed by atoms with Gasteiger partial charge in [-0.05, 0) is 42.9 Å². The summed E-state index contributed by atoms with van der Waals surface area (Å²) < 4.78 is 0. The van der Waals surface area contributed by atoms with E-state index in [9.17, 15) is 5.11 Å². The molecular formula is C17H34O. The number of unbranched alkanes of at least 4 members (excludes halogenated alkanes) is 2. The van der Waals surface area contributed by atoms with Crippen LogP contribution in [0.3, 0.4) is 0 Å². The van der Waals surface area contributed by atoms with E-state index < -0.39 is 0 Å². The Morgan fingerprint density at radius 1 is 1.22 bits per heavy atom. The second-order valence-electron chi connectivity index (χ2n) is 7.19. The molecule has 3 atom stereocenters. The molecule has 0 bridgehead atoms. The smallest absolute Gasteiger partial charge is 0.0540 e. The Morgan fingerprint density at radius 2 is 1.94 bits per heavy atom. The van der Waals surface area contributed by atoms with Gasteiger partial charge in [0.2, 0.25) is 0 Å². The lowest BCUT2D eigenvalue weighted by atomic mass is 9.62. The van der Waals surface area contributed by atoms with Crippen LogP contribution in [0.2, 0.25) is 0 Å². The molecule has 0 saturated heterocycles. The molecule has 0 aromatic heterocycles. The normalized spacial score (nSPS) is 29.2.